The van der Waals surface area contributed by atoms with Gasteiger partial charge >= 0.3 is 0 Å². The molecule has 1 heterocycles. The molecule has 0 atom stereocenters. The lowest BCUT2D eigenvalue weighted by molar-refractivity contribution is 0.112. The summed E-state index contributed by atoms with van der Waals surface area (Å²) in [5.41, 5.74) is 2.45. The second-order valence-corrected chi connectivity index (χ2v) is 4.09. The molecule has 1 aliphatic carbocycles. The van der Waals surface area contributed by atoms with Crippen LogP contribution in [0.5, 0.6) is 0 Å². The third-order valence-electron chi connectivity index (χ3n) is 3.24. The van der Waals surface area contributed by atoms with Gasteiger partial charge in [-0.05, 0) is 25.3 Å². The van der Waals surface area contributed by atoms with E-state index in [0.717, 1.165) is 12.8 Å². The highest BCUT2D eigenvalue weighted by Gasteiger charge is 2.41. The van der Waals surface area contributed by atoms with Crippen molar-refractivity contribution in [1.29, 1.82) is 0 Å². The molecule has 0 bridgehead atoms. The van der Waals surface area contributed by atoms with E-state index in [2.05, 4.69) is 12.0 Å². The van der Waals surface area contributed by atoms with Crippen LogP contribution in [0, 0.1) is 6.92 Å². The summed E-state index contributed by atoms with van der Waals surface area (Å²) in [4.78, 5) is 0. The van der Waals surface area contributed by atoms with E-state index in [9.17, 15) is 5.11 Å². The van der Waals surface area contributed by atoms with Crippen LogP contribution in [-0.2, 0) is 12.5 Å². The minimum Gasteiger partial charge on any atom is -0.395 e. The average Bonchev–Trinajstić information content (AvgIpc) is 2.35. The zero-order chi connectivity index (χ0) is 9.47. The van der Waals surface area contributed by atoms with Crippen LogP contribution < -0.4 is 0 Å². The summed E-state index contributed by atoms with van der Waals surface area (Å²) in [6.07, 6.45) is 5.31. The van der Waals surface area contributed by atoms with Gasteiger partial charge in [-0.25, -0.2) is 0 Å². The normalized spacial score (nSPS) is 19.9. The van der Waals surface area contributed by atoms with Gasteiger partial charge in [0, 0.05) is 18.2 Å². The van der Waals surface area contributed by atoms with Crippen molar-refractivity contribution >= 4 is 0 Å². The van der Waals surface area contributed by atoms with Crippen molar-refractivity contribution in [2.45, 2.75) is 31.6 Å². The Morgan fingerprint density at radius 2 is 2.31 bits per heavy atom. The van der Waals surface area contributed by atoms with Crippen LogP contribution in [0.25, 0.3) is 0 Å². The van der Waals surface area contributed by atoms with E-state index in [1.54, 1.807) is 0 Å². The van der Waals surface area contributed by atoms with Crippen molar-refractivity contribution in [3.8, 4) is 0 Å². The number of aromatic nitrogens is 2. The highest BCUT2D eigenvalue weighted by molar-refractivity contribution is 5.28. The molecule has 0 aliphatic heterocycles. The molecule has 1 aromatic heterocycles. The Morgan fingerprint density at radius 1 is 1.62 bits per heavy atom. The SMILES string of the molecule is Cc1cnn(C)c1C1(CO)CCC1. The second kappa shape index (κ2) is 2.84. The van der Waals surface area contributed by atoms with Crippen LogP contribution in [0.4, 0.5) is 0 Å². The third-order valence-corrected chi connectivity index (χ3v) is 3.24. The maximum atomic E-state index is 9.42. The van der Waals surface area contributed by atoms with Gasteiger partial charge in [-0.3, -0.25) is 4.68 Å². The average molecular weight is 180 g/mol. The fraction of sp³-hybridized carbons (Fsp3) is 0.700. The highest BCUT2D eigenvalue weighted by Crippen LogP contribution is 2.44. The molecule has 72 valence electrons. The quantitative estimate of drug-likeness (QED) is 0.741. The first-order valence-corrected chi connectivity index (χ1v) is 4.79. The minimum absolute atomic E-state index is 0.0231. The Kier molecular flexibility index (Phi) is 1.91. The van der Waals surface area contributed by atoms with Crippen molar-refractivity contribution in [3.05, 3.63) is 17.5 Å². The topological polar surface area (TPSA) is 38.0 Å². The predicted molar refractivity (Wildman–Crippen MR) is 50.6 cm³/mol. The van der Waals surface area contributed by atoms with Crippen molar-refractivity contribution in [3.63, 3.8) is 0 Å². The van der Waals surface area contributed by atoms with Crippen molar-refractivity contribution in [2.75, 3.05) is 6.61 Å². The van der Waals surface area contributed by atoms with E-state index < -0.39 is 0 Å². The maximum Gasteiger partial charge on any atom is 0.0543 e. The van der Waals surface area contributed by atoms with Crippen LogP contribution in [0.2, 0.25) is 0 Å². The lowest BCUT2D eigenvalue weighted by Gasteiger charge is -2.40. The molecule has 0 aromatic carbocycles. The Morgan fingerprint density at radius 3 is 2.62 bits per heavy atom. The van der Waals surface area contributed by atoms with Crippen molar-refractivity contribution in [2.24, 2.45) is 7.05 Å². The number of aliphatic hydroxyl groups excluding tert-OH is 1. The first-order chi connectivity index (χ1) is 6.19. The van der Waals surface area contributed by atoms with E-state index in [-0.39, 0.29) is 12.0 Å². The summed E-state index contributed by atoms with van der Waals surface area (Å²) in [6.45, 7) is 2.32. The van der Waals surface area contributed by atoms with Crippen LogP contribution >= 0.6 is 0 Å². The smallest absolute Gasteiger partial charge is 0.0543 e. The fourth-order valence-electron chi connectivity index (χ4n) is 2.38. The van der Waals surface area contributed by atoms with E-state index in [1.165, 1.54) is 17.7 Å². The zero-order valence-electron chi connectivity index (χ0n) is 8.25. The van der Waals surface area contributed by atoms with Crippen molar-refractivity contribution < 1.29 is 5.11 Å². The lowest BCUT2D eigenvalue weighted by atomic mass is 9.66. The number of rotatable bonds is 2. The van der Waals surface area contributed by atoms with Crippen LogP contribution in [0.3, 0.4) is 0 Å². The molecule has 0 saturated heterocycles. The minimum atomic E-state index is 0.0231. The molecule has 13 heavy (non-hydrogen) atoms. The Labute approximate surface area is 78.4 Å². The first-order valence-electron chi connectivity index (χ1n) is 4.79. The first kappa shape index (κ1) is 8.75. The van der Waals surface area contributed by atoms with E-state index in [4.69, 9.17) is 0 Å². The summed E-state index contributed by atoms with van der Waals surface area (Å²) in [5, 5.41) is 13.6. The van der Waals surface area contributed by atoms with Crippen molar-refractivity contribution in [1.82, 2.24) is 9.78 Å². The lowest BCUT2D eigenvalue weighted by Crippen LogP contribution is -2.40. The predicted octanol–water partition coefficient (Wildman–Crippen LogP) is 1.14. The maximum absolute atomic E-state index is 9.42. The summed E-state index contributed by atoms with van der Waals surface area (Å²) in [5.74, 6) is 0. The Bertz CT molecular complexity index is 288. The number of nitrogens with zero attached hydrogens (tertiary/aromatic N) is 2. The molecule has 1 saturated carbocycles. The highest BCUT2D eigenvalue weighted by atomic mass is 16.3. The number of aryl methyl sites for hydroxylation is 2. The van der Waals surface area contributed by atoms with Gasteiger partial charge in [-0.1, -0.05) is 6.42 Å². The van der Waals surface area contributed by atoms with Gasteiger partial charge < -0.3 is 5.11 Å². The van der Waals surface area contributed by atoms with E-state index in [1.807, 2.05) is 17.9 Å². The molecule has 1 N–H and O–H groups in total. The van der Waals surface area contributed by atoms with Gasteiger partial charge in [0.15, 0.2) is 0 Å². The Hall–Kier alpha value is -0.830. The summed E-state index contributed by atoms with van der Waals surface area (Å²) in [7, 11) is 1.96. The molecule has 3 heteroatoms. The molecule has 2 rings (SSSR count). The largest absolute Gasteiger partial charge is 0.395 e. The molecule has 0 amide bonds. The van der Waals surface area contributed by atoms with Gasteiger partial charge in [0.2, 0.25) is 0 Å². The van der Waals surface area contributed by atoms with Gasteiger partial charge in [0.1, 0.15) is 0 Å². The molecule has 1 fully saturated rings. The van der Waals surface area contributed by atoms with Gasteiger partial charge in [0.25, 0.3) is 0 Å². The summed E-state index contributed by atoms with van der Waals surface area (Å²) < 4.78 is 1.91. The molecule has 0 radical (unpaired) electrons. The summed E-state index contributed by atoms with van der Waals surface area (Å²) >= 11 is 0. The molecule has 1 aliphatic rings. The van der Waals surface area contributed by atoms with E-state index in [0.29, 0.717) is 0 Å². The van der Waals surface area contributed by atoms with E-state index >= 15 is 0 Å². The second-order valence-electron chi connectivity index (χ2n) is 4.09. The van der Waals surface area contributed by atoms with Gasteiger partial charge in [-0.2, -0.15) is 5.10 Å². The molecule has 0 unspecified atom stereocenters. The fourth-order valence-corrected chi connectivity index (χ4v) is 2.38. The molecule has 1 aromatic rings. The van der Waals surface area contributed by atoms with Gasteiger partial charge in [0.05, 0.1) is 12.8 Å². The molecule has 0 spiro atoms. The third kappa shape index (κ3) is 1.10. The molecular weight excluding hydrogens is 164 g/mol. The van der Waals surface area contributed by atoms with Gasteiger partial charge in [-0.15, -0.1) is 0 Å². The Balaban J connectivity index is 2.43. The summed E-state index contributed by atoms with van der Waals surface area (Å²) in [6, 6.07) is 0. The molecule has 3 nitrogen and oxygen atoms in total. The van der Waals surface area contributed by atoms with Crippen LogP contribution in [0.1, 0.15) is 30.5 Å². The van der Waals surface area contributed by atoms with Crippen LogP contribution in [-0.4, -0.2) is 21.5 Å². The molecular formula is C10H16N2O. The monoisotopic (exact) mass is 180 g/mol. The zero-order valence-corrected chi connectivity index (χ0v) is 8.25. The number of hydrogen-bond donors (Lipinski definition) is 1. The number of hydrogen-bond acceptors (Lipinski definition) is 2. The van der Waals surface area contributed by atoms with Crippen LogP contribution in [0.15, 0.2) is 6.20 Å². The number of aliphatic hydroxyl groups is 1. The standard InChI is InChI=1S/C10H16N2O/c1-8-6-11-12(2)9(8)10(7-13)4-3-5-10/h6,13H,3-5,7H2,1-2H3.